The number of nitrogens with two attached hydrogens (primary N) is 1. The van der Waals surface area contributed by atoms with Crippen LogP contribution in [-0.2, 0) is 7.05 Å². The van der Waals surface area contributed by atoms with Crippen molar-refractivity contribution in [3.05, 3.63) is 47.0 Å². The summed E-state index contributed by atoms with van der Waals surface area (Å²) in [6.07, 6.45) is 0. The van der Waals surface area contributed by atoms with Crippen LogP contribution in [0.3, 0.4) is 0 Å². The van der Waals surface area contributed by atoms with E-state index < -0.39 is 5.91 Å². The Hall–Kier alpha value is -3.06. The molecule has 1 amide bonds. The smallest absolute Gasteiger partial charge is 0.299 e. The minimum atomic E-state index is -0.779. The topological polar surface area (TPSA) is 113 Å². The zero-order valence-electron chi connectivity index (χ0n) is 12.6. The Morgan fingerprint density at radius 3 is 2.71 bits per heavy atom. The Bertz CT molecular complexity index is 995. The van der Waals surface area contributed by atoms with E-state index in [0.717, 1.165) is 0 Å². The normalized spacial score (nSPS) is 11.4. The van der Waals surface area contributed by atoms with Gasteiger partial charge < -0.3 is 20.5 Å². The molecule has 0 aliphatic heterocycles. The zero-order chi connectivity index (χ0) is 17.4. The van der Waals surface area contributed by atoms with Gasteiger partial charge in [0, 0.05) is 23.1 Å². The zero-order valence-corrected chi connectivity index (χ0v) is 13.3. The summed E-state index contributed by atoms with van der Waals surface area (Å²) in [6, 6.07) is 9.08. The number of amides is 1. The average Bonchev–Trinajstić information content (AvgIpc) is 2.78. The number of rotatable bonds is 2. The molecule has 0 bridgehead atoms. The number of fused-ring (bicyclic) bond motifs is 1. The standard InChI is InChI=1S/C16H13ClN4O3/c1-21-12-4-2-8(17)6-10(12)14(16(21)24)19-20-15(23)11-7-9(18)3-5-13(11)22/h2-7,22,24H,18H2,1H3. The van der Waals surface area contributed by atoms with Gasteiger partial charge in [0.15, 0.2) is 5.69 Å². The molecule has 1 aromatic heterocycles. The Labute approximate surface area is 141 Å². The van der Waals surface area contributed by atoms with Crippen molar-refractivity contribution in [3.63, 3.8) is 0 Å². The maximum atomic E-state index is 12.1. The van der Waals surface area contributed by atoms with Gasteiger partial charge in [0.25, 0.3) is 5.91 Å². The van der Waals surface area contributed by atoms with Crippen molar-refractivity contribution in [2.75, 3.05) is 5.73 Å². The summed E-state index contributed by atoms with van der Waals surface area (Å²) in [7, 11) is 1.65. The molecule has 0 radical (unpaired) electrons. The third-order valence-electron chi connectivity index (χ3n) is 3.60. The van der Waals surface area contributed by atoms with Gasteiger partial charge in [0.05, 0.1) is 11.1 Å². The fourth-order valence-electron chi connectivity index (χ4n) is 2.36. The van der Waals surface area contributed by atoms with Crippen LogP contribution in [-0.4, -0.2) is 20.7 Å². The van der Waals surface area contributed by atoms with Gasteiger partial charge in [-0.25, -0.2) is 0 Å². The first kappa shape index (κ1) is 15.8. The number of nitrogens with zero attached hydrogens (tertiary/aromatic N) is 3. The van der Waals surface area contributed by atoms with Crippen LogP contribution >= 0.6 is 11.6 Å². The molecular formula is C16H13ClN4O3. The summed E-state index contributed by atoms with van der Waals surface area (Å²) < 4.78 is 1.50. The number of aromatic nitrogens is 1. The maximum Gasteiger partial charge on any atom is 0.299 e. The monoisotopic (exact) mass is 344 g/mol. The minimum Gasteiger partial charge on any atom is -0.507 e. The molecule has 7 nitrogen and oxygen atoms in total. The van der Waals surface area contributed by atoms with Crippen molar-refractivity contribution in [1.82, 2.24) is 4.57 Å². The lowest BCUT2D eigenvalue weighted by molar-refractivity contribution is 0.0992. The van der Waals surface area contributed by atoms with Gasteiger partial charge in [-0.3, -0.25) is 4.79 Å². The first-order valence-electron chi connectivity index (χ1n) is 6.90. The molecule has 0 atom stereocenters. The Balaban J connectivity index is 2.05. The van der Waals surface area contributed by atoms with Gasteiger partial charge in [-0.15, -0.1) is 10.2 Å². The lowest BCUT2D eigenvalue weighted by Gasteiger charge is -2.00. The molecule has 8 heteroatoms. The van der Waals surface area contributed by atoms with Gasteiger partial charge in [-0.2, -0.15) is 0 Å². The number of hydrogen-bond acceptors (Lipinski definition) is 5. The lowest BCUT2D eigenvalue weighted by Crippen LogP contribution is -1.96. The van der Waals surface area contributed by atoms with Crippen molar-refractivity contribution < 1.29 is 15.0 Å². The van der Waals surface area contributed by atoms with Crippen LogP contribution in [0.5, 0.6) is 11.6 Å². The van der Waals surface area contributed by atoms with Crippen LogP contribution in [0.25, 0.3) is 10.9 Å². The quantitative estimate of drug-likeness (QED) is 0.373. The molecule has 0 spiro atoms. The molecule has 4 N–H and O–H groups in total. The van der Waals surface area contributed by atoms with E-state index in [1.165, 1.54) is 22.8 Å². The number of nitrogen functional groups attached to an aromatic ring is 1. The first-order valence-corrected chi connectivity index (χ1v) is 7.27. The van der Waals surface area contributed by atoms with Gasteiger partial charge in [0.1, 0.15) is 5.75 Å². The summed E-state index contributed by atoms with van der Waals surface area (Å²) in [6.45, 7) is 0. The number of carbonyl (C=O) groups excluding carboxylic acids is 1. The molecule has 3 aromatic rings. The second-order valence-corrected chi connectivity index (χ2v) is 5.61. The molecule has 0 saturated heterocycles. The highest BCUT2D eigenvalue weighted by molar-refractivity contribution is 6.31. The minimum absolute atomic E-state index is 0.0727. The van der Waals surface area contributed by atoms with Crippen LogP contribution < -0.4 is 5.73 Å². The largest absolute Gasteiger partial charge is 0.507 e. The molecule has 0 fully saturated rings. The van der Waals surface area contributed by atoms with Gasteiger partial charge in [-0.05, 0) is 36.4 Å². The number of halogens is 1. The highest BCUT2D eigenvalue weighted by atomic mass is 35.5. The highest BCUT2D eigenvalue weighted by Gasteiger charge is 2.16. The molecule has 0 aliphatic rings. The number of hydrogen-bond donors (Lipinski definition) is 3. The van der Waals surface area contributed by atoms with Crippen molar-refractivity contribution >= 4 is 39.8 Å². The van der Waals surface area contributed by atoms with Crippen molar-refractivity contribution in [3.8, 4) is 11.6 Å². The number of aromatic hydroxyl groups is 2. The van der Waals surface area contributed by atoms with Gasteiger partial charge >= 0.3 is 0 Å². The van der Waals surface area contributed by atoms with Gasteiger partial charge in [-0.1, -0.05) is 11.6 Å². The number of phenolic OH excluding ortho intramolecular Hbond substituents is 1. The summed E-state index contributed by atoms with van der Waals surface area (Å²) >= 11 is 5.97. The summed E-state index contributed by atoms with van der Waals surface area (Å²) in [5.41, 5.74) is 6.64. The fraction of sp³-hybridized carbons (Fsp3) is 0.0625. The van der Waals surface area contributed by atoms with Crippen molar-refractivity contribution in [1.29, 1.82) is 0 Å². The van der Waals surface area contributed by atoms with Crippen LogP contribution in [0.1, 0.15) is 10.4 Å². The van der Waals surface area contributed by atoms with E-state index in [1.807, 2.05) is 0 Å². The van der Waals surface area contributed by atoms with Crippen LogP contribution in [0.2, 0.25) is 5.02 Å². The fourth-order valence-corrected chi connectivity index (χ4v) is 2.53. The number of carbonyl (C=O) groups is 1. The average molecular weight is 345 g/mol. The van der Waals surface area contributed by atoms with E-state index >= 15 is 0 Å². The van der Waals surface area contributed by atoms with Crippen molar-refractivity contribution in [2.24, 2.45) is 17.3 Å². The molecule has 3 rings (SSSR count). The van der Waals surface area contributed by atoms with Crippen LogP contribution in [0, 0.1) is 0 Å². The predicted molar refractivity (Wildman–Crippen MR) is 91.0 cm³/mol. The van der Waals surface area contributed by atoms with Crippen molar-refractivity contribution in [2.45, 2.75) is 0 Å². The van der Waals surface area contributed by atoms with E-state index in [1.54, 1.807) is 25.2 Å². The third-order valence-corrected chi connectivity index (χ3v) is 3.83. The lowest BCUT2D eigenvalue weighted by atomic mass is 10.1. The summed E-state index contributed by atoms with van der Waals surface area (Å²) in [5.74, 6) is -1.18. The Morgan fingerprint density at radius 2 is 1.96 bits per heavy atom. The summed E-state index contributed by atoms with van der Waals surface area (Å²) in [4.78, 5) is 12.1. The number of aryl methyl sites for hydroxylation is 1. The number of anilines is 1. The maximum absolute atomic E-state index is 12.1. The van der Waals surface area contributed by atoms with E-state index in [0.29, 0.717) is 21.6 Å². The summed E-state index contributed by atoms with van der Waals surface area (Å²) in [5, 5.41) is 28.3. The molecule has 0 unspecified atom stereocenters. The number of phenols is 1. The molecule has 0 aliphatic carbocycles. The van der Waals surface area contributed by atoms with Crippen LogP contribution in [0.15, 0.2) is 46.6 Å². The highest BCUT2D eigenvalue weighted by Crippen LogP contribution is 2.39. The molecule has 2 aromatic carbocycles. The predicted octanol–water partition coefficient (Wildman–Crippen LogP) is 3.75. The number of azo groups is 1. The first-order chi connectivity index (χ1) is 11.4. The molecule has 122 valence electrons. The third kappa shape index (κ3) is 2.65. The van der Waals surface area contributed by atoms with Gasteiger partial charge in [0.2, 0.25) is 5.88 Å². The van der Waals surface area contributed by atoms with E-state index in [2.05, 4.69) is 10.2 Å². The van der Waals surface area contributed by atoms with E-state index in [4.69, 9.17) is 17.3 Å². The Kier molecular flexibility index (Phi) is 3.86. The molecule has 1 heterocycles. The molecule has 24 heavy (non-hydrogen) atoms. The SMILES string of the molecule is Cn1c(O)c(N=NC(=O)c2cc(N)ccc2O)c2cc(Cl)ccc21. The van der Waals surface area contributed by atoms with E-state index in [-0.39, 0.29) is 22.9 Å². The van der Waals surface area contributed by atoms with Crippen LogP contribution in [0.4, 0.5) is 11.4 Å². The second-order valence-electron chi connectivity index (χ2n) is 5.17. The Morgan fingerprint density at radius 1 is 1.21 bits per heavy atom. The molecule has 0 saturated carbocycles. The second kappa shape index (κ2) is 5.86. The molecular weight excluding hydrogens is 332 g/mol. The number of benzene rings is 2. The van der Waals surface area contributed by atoms with E-state index in [9.17, 15) is 15.0 Å².